The van der Waals surface area contributed by atoms with Crippen molar-refractivity contribution in [1.29, 1.82) is 0 Å². The van der Waals surface area contributed by atoms with Crippen LogP contribution in [0.5, 0.6) is 0 Å². The van der Waals surface area contributed by atoms with E-state index in [1.54, 1.807) is 62.4 Å². The Balaban J connectivity index is 1.49. The van der Waals surface area contributed by atoms with Gasteiger partial charge in [-0.05, 0) is 19.1 Å². The number of nitrogens with one attached hydrogen (secondary N) is 3. The van der Waals surface area contributed by atoms with Crippen LogP contribution in [-0.2, 0) is 7.05 Å². The van der Waals surface area contributed by atoms with Gasteiger partial charge < -0.3 is 20.4 Å². The third-order valence-corrected chi connectivity index (χ3v) is 5.35. The number of carbonyl (C=O) groups excluding carboxylic acids is 1. The largest absolute Gasteiger partial charge is 0.446 e. The Labute approximate surface area is 198 Å². The van der Waals surface area contributed by atoms with E-state index in [-0.39, 0.29) is 17.0 Å². The van der Waals surface area contributed by atoms with Gasteiger partial charge in [-0.25, -0.2) is 9.97 Å². The van der Waals surface area contributed by atoms with E-state index < -0.39 is 6.04 Å². The number of rotatable bonds is 7. The molecule has 1 atom stereocenters. The number of hydrogen-bond acceptors (Lipinski definition) is 9. The molecule has 0 aromatic carbocycles. The maximum absolute atomic E-state index is 13.1. The molecule has 35 heavy (non-hydrogen) atoms. The zero-order chi connectivity index (χ0) is 24.5. The number of amides is 1. The van der Waals surface area contributed by atoms with Crippen molar-refractivity contribution in [2.75, 3.05) is 17.7 Å². The molecule has 5 aromatic rings. The number of aromatic nitrogens is 7. The lowest BCUT2D eigenvalue weighted by Crippen LogP contribution is -2.26. The maximum Gasteiger partial charge on any atom is 0.280 e. The predicted octanol–water partition coefficient (Wildman–Crippen LogP) is 1.88. The lowest BCUT2D eigenvalue weighted by atomic mass is 10.2. The smallest absolute Gasteiger partial charge is 0.280 e. The summed E-state index contributed by atoms with van der Waals surface area (Å²) in [5.41, 5.74) is 0.561. The van der Waals surface area contributed by atoms with E-state index in [9.17, 15) is 9.59 Å². The molecule has 0 bridgehead atoms. The average molecular weight is 474 g/mol. The van der Waals surface area contributed by atoms with Gasteiger partial charge in [0, 0.05) is 38.6 Å². The van der Waals surface area contributed by atoms with Crippen molar-refractivity contribution >= 4 is 28.9 Å². The highest BCUT2D eigenvalue weighted by atomic mass is 16.3. The Morgan fingerprint density at radius 1 is 1.20 bits per heavy atom. The van der Waals surface area contributed by atoms with Gasteiger partial charge in [-0.15, -0.1) is 0 Å². The summed E-state index contributed by atoms with van der Waals surface area (Å²) in [4.78, 5) is 34.5. The second-order valence-corrected chi connectivity index (χ2v) is 7.74. The minimum absolute atomic E-state index is 0.260. The molecule has 13 heteroatoms. The summed E-state index contributed by atoms with van der Waals surface area (Å²) in [5, 5.41) is 17.5. The van der Waals surface area contributed by atoms with Gasteiger partial charge in [0.2, 0.25) is 0 Å². The molecule has 0 aliphatic heterocycles. The highest BCUT2D eigenvalue weighted by Gasteiger charge is 2.20. The molecule has 1 amide bonds. The van der Waals surface area contributed by atoms with E-state index in [4.69, 9.17) is 4.42 Å². The molecule has 0 aliphatic carbocycles. The number of anilines is 3. The second-order valence-electron chi connectivity index (χ2n) is 7.74. The number of hydrogen-bond donors (Lipinski definition) is 3. The first-order chi connectivity index (χ1) is 16.9. The quantitative estimate of drug-likeness (QED) is 0.321. The van der Waals surface area contributed by atoms with Crippen LogP contribution in [0.3, 0.4) is 0 Å². The molecule has 5 aromatic heterocycles. The highest BCUT2D eigenvalue weighted by molar-refractivity contribution is 6.00. The van der Waals surface area contributed by atoms with E-state index in [1.807, 2.05) is 0 Å². The Morgan fingerprint density at radius 2 is 2.06 bits per heavy atom. The number of nitrogens with zero attached hydrogens (tertiary/aromatic N) is 7. The van der Waals surface area contributed by atoms with Gasteiger partial charge in [0.1, 0.15) is 28.6 Å². The SMILES string of the molecule is CNc1cc(Nc2cccn(-c3ccn(C)n3)c2=O)nc2c(C(=O)NC(C)c3cnco3)cnn12. The van der Waals surface area contributed by atoms with Gasteiger partial charge in [0.15, 0.2) is 17.9 Å². The van der Waals surface area contributed by atoms with Gasteiger partial charge >= 0.3 is 0 Å². The van der Waals surface area contributed by atoms with Crippen LogP contribution < -0.4 is 21.5 Å². The molecular weight excluding hydrogens is 452 g/mol. The van der Waals surface area contributed by atoms with Crippen molar-refractivity contribution in [2.45, 2.75) is 13.0 Å². The van der Waals surface area contributed by atoms with Crippen molar-refractivity contribution in [1.82, 2.24) is 39.2 Å². The van der Waals surface area contributed by atoms with Crippen LogP contribution in [0.1, 0.15) is 29.1 Å². The monoisotopic (exact) mass is 474 g/mol. The van der Waals surface area contributed by atoms with E-state index in [2.05, 4.69) is 36.1 Å². The molecule has 0 fully saturated rings. The summed E-state index contributed by atoms with van der Waals surface area (Å²) in [5.74, 6) is 1.56. The number of fused-ring (bicyclic) bond motifs is 1. The fourth-order valence-corrected chi connectivity index (χ4v) is 3.59. The summed E-state index contributed by atoms with van der Waals surface area (Å²) in [6, 6.07) is 6.41. The van der Waals surface area contributed by atoms with Gasteiger partial charge in [-0.3, -0.25) is 18.8 Å². The highest BCUT2D eigenvalue weighted by Crippen LogP contribution is 2.22. The predicted molar refractivity (Wildman–Crippen MR) is 127 cm³/mol. The molecule has 0 spiro atoms. The molecule has 0 radical (unpaired) electrons. The van der Waals surface area contributed by atoms with Crippen LogP contribution in [0, 0.1) is 0 Å². The first kappa shape index (κ1) is 21.9. The van der Waals surface area contributed by atoms with Crippen molar-refractivity contribution < 1.29 is 9.21 Å². The van der Waals surface area contributed by atoms with E-state index in [0.717, 1.165) is 0 Å². The van der Waals surface area contributed by atoms with Crippen LogP contribution in [0.4, 0.5) is 17.3 Å². The van der Waals surface area contributed by atoms with Crippen molar-refractivity contribution in [3.63, 3.8) is 0 Å². The summed E-state index contributed by atoms with van der Waals surface area (Å²) in [6.45, 7) is 1.78. The van der Waals surface area contributed by atoms with Crippen LogP contribution in [0.2, 0.25) is 0 Å². The van der Waals surface area contributed by atoms with Crippen LogP contribution in [0.25, 0.3) is 11.5 Å². The number of carbonyl (C=O) groups is 1. The fourth-order valence-electron chi connectivity index (χ4n) is 3.59. The number of aryl methyl sites for hydroxylation is 1. The summed E-state index contributed by atoms with van der Waals surface area (Å²) < 4.78 is 9.82. The Hall–Kier alpha value is -4.94. The number of pyridine rings is 1. The summed E-state index contributed by atoms with van der Waals surface area (Å²) in [6.07, 6.45) is 7.67. The minimum atomic E-state index is -0.403. The Bertz CT molecular complexity index is 1560. The van der Waals surface area contributed by atoms with Gasteiger partial charge in [0.05, 0.1) is 18.4 Å². The second kappa shape index (κ2) is 8.78. The molecule has 3 N–H and O–H groups in total. The van der Waals surface area contributed by atoms with Crippen molar-refractivity contribution in [2.24, 2.45) is 7.05 Å². The molecule has 0 aliphatic rings. The first-order valence-corrected chi connectivity index (χ1v) is 10.7. The lowest BCUT2D eigenvalue weighted by Gasteiger charge is -2.12. The molecular formula is C22H22N10O3. The van der Waals surface area contributed by atoms with Crippen LogP contribution in [-0.4, -0.2) is 46.9 Å². The zero-order valence-corrected chi connectivity index (χ0v) is 19.1. The average Bonchev–Trinajstić information content (AvgIpc) is 3.61. The normalized spacial score (nSPS) is 12.0. The molecule has 178 valence electrons. The van der Waals surface area contributed by atoms with Crippen LogP contribution >= 0.6 is 0 Å². The molecule has 5 rings (SSSR count). The summed E-state index contributed by atoms with van der Waals surface area (Å²) in [7, 11) is 3.50. The maximum atomic E-state index is 13.1. The molecule has 13 nitrogen and oxygen atoms in total. The van der Waals surface area contributed by atoms with Crippen molar-refractivity contribution in [3.8, 4) is 5.82 Å². The summed E-state index contributed by atoms with van der Waals surface area (Å²) >= 11 is 0. The minimum Gasteiger partial charge on any atom is -0.446 e. The number of oxazole rings is 1. The Morgan fingerprint density at radius 3 is 2.77 bits per heavy atom. The standard InChI is InChI=1S/C22H22N10O3/c1-13(16-11-24-12-35-16)26-21(33)14-10-25-32-19(23-2)9-17(28-20(14)32)27-15-5-4-7-31(22(15)34)18-6-8-30(3)29-18/h4-13,23H,1-3H3,(H,26,33)(H,27,28). The lowest BCUT2D eigenvalue weighted by molar-refractivity contribution is 0.0937. The third-order valence-electron chi connectivity index (χ3n) is 5.35. The van der Waals surface area contributed by atoms with Gasteiger partial charge in [0.25, 0.3) is 11.5 Å². The third kappa shape index (κ3) is 4.10. The van der Waals surface area contributed by atoms with Gasteiger partial charge in [-0.1, -0.05) is 0 Å². The van der Waals surface area contributed by atoms with E-state index in [1.165, 1.54) is 27.9 Å². The Kier molecular flexibility index (Phi) is 5.49. The first-order valence-electron chi connectivity index (χ1n) is 10.7. The molecule has 0 saturated heterocycles. The van der Waals surface area contributed by atoms with Crippen molar-refractivity contribution in [3.05, 3.63) is 77.1 Å². The molecule has 1 unspecified atom stereocenters. The topological polar surface area (TPSA) is 149 Å². The fraction of sp³-hybridized carbons (Fsp3) is 0.182. The van der Waals surface area contributed by atoms with Crippen LogP contribution in [0.15, 0.2) is 64.7 Å². The van der Waals surface area contributed by atoms with Gasteiger partial charge in [-0.2, -0.15) is 14.7 Å². The van der Waals surface area contributed by atoms with E-state index in [0.29, 0.717) is 34.5 Å². The van der Waals surface area contributed by atoms with E-state index >= 15 is 0 Å². The zero-order valence-electron chi connectivity index (χ0n) is 19.1. The molecule has 0 saturated carbocycles. The molecule has 5 heterocycles.